The molecule has 1 aromatic rings. The van der Waals surface area contributed by atoms with E-state index in [1.54, 1.807) is 29.2 Å². The quantitative estimate of drug-likeness (QED) is 0.837. The number of hydrogen-bond donors (Lipinski definition) is 1. The van der Waals surface area contributed by atoms with Crippen molar-refractivity contribution in [2.24, 2.45) is 0 Å². The molecule has 0 heterocycles. The van der Waals surface area contributed by atoms with Crippen LogP contribution >= 0.6 is 0 Å². The van der Waals surface area contributed by atoms with Gasteiger partial charge in [0.05, 0.1) is 12.5 Å². The van der Waals surface area contributed by atoms with Gasteiger partial charge in [0.25, 0.3) is 0 Å². The zero-order valence-corrected chi connectivity index (χ0v) is 11.4. The van der Waals surface area contributed by atoms with Crippen LogP contribution in [0.15, 0.2) is 24.3 Å². The Bertz CT molecular complexity index is 541. The second-order valence-corrected chi connectivity index (χ2v) is 4.90. The lowest BCUT2D eigenvalue weighted by Crippen LogP contribution is -2.37. The van der Waals surface area contributed by atoms with Crippen molar-refractivity contribution in [3.05, 3.63) is 29.8 Å². The molecule has 1 saturated carbocycles. The van der Waals surface area contributed by atoms with Crippen LogP contribution < -0.4 is 5.32 Å². The molecule has 1 N–H and O–H groups in total. The summed E-state index contributed by atoms with van der Waals surface area (Å²) in [4.78, 5) is 25.0. The highest BCUT2D eigenvalue weighted by Gasteiger charge is 2.32. The molecule has 0 unspecified atom stereocenters. The van der Waals surface area contributed by atoms with Gasteiger partial charge in [0, 0.05) is 23.8 Å². The first-order valence-electron chi connectivity index (χ1n) is 6.67. The standard InChI is InChI=1S/C15H17N3O2/c1-11(19)12-3-5-13(6-4-12)17-15(20)18(10-2-9-16)14-7-8-14/h3-6,14H,2,7-8,10H2,1H3,(H,17,20). The molecule has 0 atom stereocenters. The van der Waals surface area contributed by atoms with E-state index in [9.17, 15) is 9.59 Å². The third-order valence-electron chi connectivity index (χ3n) is 3.26. The predicted octanol–water partition coefficient (Wildman–Crippen LogP) is 2.80. The van der Waals surface area contributed by atoms with E-state index in [1.165, 1.54) is 6.92 Å². The van der Waals surface area contributed by atoms with Crippen LogP contribution in [0.1, 0.15) is 36.5 Å². The van der Waals surface area contributed by atoms with E-state index in [2.05, 4.69) is 11.4 Å². The molecule has 1 aliphatic carbocycles. The number of amides is 2. The number of rotatable bonds is 5. The Labute approximate surface area is 118 Å². The molecule has 2 rings (SSSR count). The van der Waals surface area contributed by atoms with Crippen LogP contribution in [0.4, 0.5) is 10.5 Å². The summed E-state index contributed by atoms with van der Waals surface area (Å²) in [7, 11) is 0. The number of benzene rings is 1. The van der Waals surface area contributed by atoms with E-state index in [0.29, 0.717) is 24.2 Å². The topological polar surface area (TPSA) is 73.2 Å². The minimum absolute atomic E-state index is 0.00324. The summed E-state index contributed by atoms with van der Waals surface area (Å²) in [6, 6.07) is 8.94. The van der Waals surface area contributed by atoms with E-state index in [1.807, 2.05) is 0 Å². The molecular weight excluding hydrogens is 254 g/mol. The Hall–Kier alpha value is -2.35. The zero-order valence-electron chi connectivity index (χ0n) is 11.4. The van der Waals surface area contributed by atoms with Gasteiger partial charge in [-0.2, -0.15) is 5.26 Å². The van der Waals surface area contributed by atoms with Gasteiger partial charge < -0.3 is 10.2 Å². The van der Waals surface area contributed by atoms with Gasteiger partial charge in [0.15, 0.2) is 5.78 Å². The monoisotopic (exact) mass is 271 g/mol. The van der Waals surface area contributed by atoms with Crippen LogP contribution in [0.2, 0.25) is 0 Å². The van der Waals surface area contributed by atoms with Crippen molar-refractivity contribution in [1.82, 2.24) is 4.90 Å². The molecule has 2 amide bonds. The minimum Gasteiger partial charge on any atom is -0.321 e. The van der Waals surface area contributed by atoms with E-state index in [4.69, 9.17) is 5.26 Å². The summed E-state index contributed by atoms with van der Waals surface area (Å²) in [5, 5.41) is 11.4. The van der Waals surface area contributed by atoms with Crippen LogP contribution in [0.25, 0.3) is 0 Å². The highest BCUT2D eigenvalue weighted by Crippen LogP contribution is 2.27. The summed E-state index contributed by atoms with van der Waals surface area (Å²) in [6.45, 7) is 1.96. The highest BCUT2D eigenvalue weighted by atomic mass is 16.2. The Kier molecular flexibility index (Phi) is 4.36. The van der Waals surface area contributed by atoms with E-state index in [-0.39, 0.29) is 17.9 Å². The summed E-state index contributed by atoms with van der Waals surface area (Å²) < 4.78 is 0. The predicted molar refractivity (Wildman–Crippen MR) is 75.4 cm³/mol. The number of Topliss-reactive ketones (excluding diaryl/α,β-unsaturated/α-hetero) is 1. The summed E-state index contributed by atoms with van der Waals surface area (Å²) in [5.41, 5.74) is 1.27. The van der Waals surface area contributed by atoms with Crippen molar-refractivity contribution in [2.45, 2.75) is 32.2 Å². The van der Waals surface area contributed by atoms with Crippen molar-refractivity contribution >= 4 is 17.5 Å². The van der Waals surface area contributed by atoms with Crippen molar-refractivity contribution in [3.8, 4) is 6.07 Å². The molecular formula is C15H17N3O2. The second-order valence-electron chi connectivity index (χ2n) is 4.90. The van der Waals surface area contributed by atoms with E-state index in [0.717, 1.165) is 12.8 Å². The Morgan fingerprint density at radius 2 is 2.00 bits per heavy atom. The van der Waals surface area contributed by atoms with Crippen LogP contribution in [0.3, 0.4) is 0 Å². The first-order chi connectivity index (χ1) is 9.61. The maximum absolute atomic E-state index is 12.2. The normalized spacial score (nSPS) is 13.4. The number of carbonyl (C=O) groups is 2. The fourth-order valence-corrected chi connectivity index (χ4v) is 1.99. The van der Waals surface area contributed by atoms with Gasteiger partial charge >= 0.3 is 6.03 Å². The first-order valence-corrected chi connectivity index (χ1v) is 6.67. The summed E-state index contributed by atoms with van der Waals surface area (Å²) in [5.74, 6) is -0.00324. The third kappa shape index (κ3) is 3.58. The fourth-order valence-electron chi connectivity index (χ4n) is 1.99. The second kappa shape index (κ2) is 6.20. The third-order valence-corrected chi connectivity index (χ3v) is 3.26. The molecule has 5 heteroatoms. The molecule has 1 aromatic carbocycles. The molecule has 0 aliphatic heterocycles. The molecule has 0 spiro atoms. The Morgan fingerprint density at radius 1 is 1.35 bits per heavy atom. The van der Waals surface area contributed by atoms with Gasteiger partial charge in [-0.25, -0.2) is 4.79 Å². The average Bonchev–Trinajstić information content (AvgIpc) is 3.24. The summed E-state index contributed by atoms with van der Waals surface area (Å²) >= 11 is 0. The summed E-state index contributed by atoms with van der Waals surface area (Å²) in [6.07, 6.45) is 2.34. The number of nitrogens with zero attached hydrogens (tertiary/aromatic N) is 2. The van der Waals surface area contributed by atoms with Gasteiger partial charge in [0.1, 0.15) is 0 Å². The van der Waals surface area contributed by atoms with Crippen molar-refractivity contribution in [1.29, 1.82) is 5.26 Å². The number of nitrogens with one attached hydrogen (secondary N) is 1. The molecule has 20 heavy (non-hydrogen) atoms. The van der Waals surface area contributed by atoms with Crippen molar-refractivity contribution in [2.75, 3.05) is 11.9 Å². The minimum atomic E-state index is -0.182. The SMILES string of the molecule is CC(=O)c1ccc(NC(=O)N(CCC#N)C2CC2)cc1. The van der Waals surface area contributed by atoms with Gasteiger partial charge in [-0.15, -0.1) is 0 Å². The number of anilines is 1. The first kappa shape index (κ1) is 14.1. The highest BCUT2D eigenvalue weighted by molar-refractivity contribution is 5.95. The smallest absolute Gasteiger partial charge is 0.321 e. The maximum Gasteiger partial charge on any atom is 0.322 e. The molecule has 0 bridgehead atoms. The molecule has 1 fully saturated rings. The Balaban J connectivity index is 1.98. The van der Waals surface area contributed by atoms with Crippen LogP contribution in [0, 0.1) is 11.3 Å². The Morgan fingerprint density at radius 3 is 2.50 bits per heavy atom. The molecule has 1 aliphatic rings. The van der Waals surface area contributed by atoms with Gasteiger partial charge in [-0.3, -0.25) is 4.79 Å². The zero-order chi connectivity index (χ0) is 14.5. The van der Waals surface area contributed by atoms with Crippen LogP contribution in [0.5, 0.6) is 0 Å². The van der Waals surface area contributed by atoms with Gasteiger partial charge in [-0.1, -0.05) is 0 Å². The lowest BCUT2D eigenvalue weighted by atomic mass is 10.1. The fraction of sp³-hybridized carbons (Fsp3) is 0.400. The number of ketones is 1. The van der Waals surface area contributed by atoms with Crippen LogP contribution in [-0.2, 0) is 0 Å². The van der Waals surface area contributed by atoms with E-state index < -0.39 is 0 Å². The molecule has 0 radical (unpaired) electrons. The van der Waals surface area contributed by atoms with E-state index >= 15 is 0 Å². The van der Waals surface area contributed by atoms with Gasteiger partial charge in [-0.05, 0) is 44.0 Å². The molecule has 5 nitrogen and oxygen atoms in total. The lowest BCUT2D eigenvalue weighted by molar-refractivity contribution is 0.101. The number of hydrogen-bond acceptors (Lipinski definition) is 3. The maximum atomic E-state index is 12.2. The molecule has 104 valence electrons. The number of carbonyl (C=O) groups excluding carboxylic acids is 2. The molecule has 0 saturated heterocycles. The van der Waals surface area contributed by atoms with Crippen molar-refractivity contribution < 1.29 is 9.59 Å². The average molecular weight is 271 g/mol. The number of urea groups is 1. The molecule has 0 aromatic heterocycles. The number of nitriles is 1. The lowest BCUT2D eigenvalue weighted by Gasteiger charge is -2.21. The van der Waals surface area contributed by atoms with Crippen molar-refractivity contribution in [3.63, 3.8) is 0 Å². The van der Waals surface area contributed by atoms with Crippen LogP contribution in [-0.4, -0.2) is 29.3 Å². The largest absolute Gasteiger partial charge is 0.322 e. The van der Waals surface area contributed by atoms with Gasteiger partial charge in [0.2, 0.25) is 0 Å².